The Morgan fingerprint density at radius 2 is 1.76 bits per heavy atom. The second-order valence-electron chi connectivity index (χ2n) is 7.73. The second kappa shape index (κ2) is 11.0. The highest BCUT2D eigenvalue weighted by Crippen LogP contribution is 2.28. The van der Waals surface area contributed by atoms with E-state index >= 15 is 0 Å². The van der Waals surface area contributed by atoms with E-state index in [2.05, 4.69) is 26.6 Å². The van der Waals surface area contributed by atoms with Crippen molar-refractivity contribution in [2.24, 2.45) is 0 Å². The van der Waals surface area contributed by atoms with Crippen molar-refractivity contribution in [3.8, 4) is 17.2 Å². The van der Waals surface area contributed by atoms with Crippen LogP contribution in [0, 0.1) is 0 Å². The molecule has 1 heterocycles. The molecule has 11 heteroatoms. The van der Waals surface area contributed by atoms with Crippen LogP contribution >= 0.6 is 15.9 Å². The number of rotatable bonds is 7. The number of amides is 5. The number of aromatic hydroxyl groups is 1. The fraction of sp³-hybridized carbons (Fsp3) is 0.0769. The molecule has 0 unspecified atom stereocenters. The summed E-state index contributed by atoms with van der Waals surface area (Å²) in [4.78, 5) is 50.7. The van der Waals surface area contributed by atoms with E-state index in [0.717, 1.165) is 4.90 Å². The van der Waals surface area contributed by atoms with Crippen LogP contribution < -0.4 is 25.0 Å². The van der Waals surface area contributed by atoms with Gasteiger partial charge in [0, 0.05) is 5.69 Å². The van der Waals surface area contributed by atoms with Crippen LogP contribution in [-0.2, 0) is 14.4 Å². The molecule has 0 radical (unpaired) electrons. The lowest BCUT2D eigenvalue weighted by atomic mass is 10.1. The molecule has 0 spiro atoms. The van der Waals surface area contributed by atoms with Crippen LogP contribution in [0.15, 0.2) is 76.8 Å². The monoisotopic (exact) mass is 565 g/mol. The Bertz CT molecular complexity index is 1400. The lowest BCUT2D eigenvalue weighted by Crippen LogP contribution is -2.54. The summed E-state index contributed by atoms with van der Waals surface area (Å²) in [6.07, 6.45) is 1.34. The Balaban J connectivity index is 1.45. The number of methoxy groups -OCH3 is 1. The molecule has 0 atom stereocenters. The first-order valence-electron chi connectivity index (χ1n) is 10.8. The van der Waals surface area contributed by atoms with Crippen molar-refractivity contribution in [1.29, 1.82) is 0 Å². The van der Waals surface area contributed by atoms with Gasteiger partial charge in [0.15, 0.2) is 6.61 Å². The van der Waals surface area contributed by atoms with Crippen molar-refractivity contribution in [2.45, 2.75) is 0 Å². The predicted octanol–water partition coefficient (Wildman–Crippen LogP) is 3.85. The summed E-state index contributed by atoms with van der Waals surface area (Å²) in [6, 6.07) is 16.1. The van der Waals surface area contributed by atoms with Crippen LogP contribution in [0.3, 0.4) is 0 Å². The summed E-state index contributed by atoms with van der Waals surface area (Å²) in [5.41, 5.74) is 0.995. The van der Waals surface area contributed by atoms with Crippen LogP contribution in [0.2, 0.25) is 0 Å². The summed E-state index contributed by atoms with van der Waals surface area (Å²) >= 11 is 3.37. The Labute approximate surface area is 219 Å². The van der Waals surface area contributed by atoms with Crippen molar-refractivity contribution in [1.82, 2.24) is 5.32 Å². The molecule has 4 rings (SSSR count). The molecule has 3 aromatic carbocycles. The fourth-order valence-corrected chi connectivity index (χ4v) is 3.91. The third-order valence-electron chi connectivity index (χ3n) is 5.21. The van der Waals surface area contributed by atoms with Crippen LogP contribution in [0.5, 0.6) is 17.2 Å². The van der Waals surface area contributed by atoms with Gasteiger partial charge in [0.1, 0.15) is 22.8 Å². The molecule has 1 saturated heterocycles. The Morgan fingerprint density at radius 1 is 1.05 bits per heavy atom. The van der Waals surface area contributed by atoms with E-state index in [9.17, 15) is 24.3 Å². The van der Waals surface area contributed by atoms with Crippen LogP contribution in [0.25, 0.3) is 6.08 Å². The summed E-state index contributed by atoms with van der Waals surface area (Å²) in [7, 11) is 1.55. The summed E-state index contributed by atoms with van der Waals surface area (Å²) in [6.45, 7) is -0.254. The summed E-state index contributed by atoms with van der Waals surface area (Å²) in [5.74, 6) is -1.02. The molecule has 0 saturated carbocycles. The number of phenolic OH excluding ortho intramolecular Hbond substituents is 1. The van der Waals surface area contributed by atoms with Gasteiger partial charge in [-0.15, -0.1) is 0 Å². The number of hydrogen-bond acceptors (Lipinski definition) is 7. The number of nitrogens with zero attached hydrogens (tertiary/aromatic N) is 1. The van der Waals surface area contributed by atoms with E-state index in [4.69, 9.17) is 9.47 Å². The maximum atomic E-state index is 13.0. The minimum absolute atomic E-state index is 0.0363. The van der Waals surface area contributed by atoms with Crippen molar-refractivity contribution in [3.63, 3.8) is 0 Å². The van der Waals surface area contributed by atoms with Gasteiger partial charge < -0.3 is 19.9 Å². The number of carbonyl (C=O) groups is 4. The second-order valence-corrected chi connectivity index (χ2v) is 8.58. The van der Waals surface area contributed by atoms with Gasteiger partial charge in [-0.1, -0.05) is 6.07 Å². The van der Waals surface area contributed by atoms with Gasteiger partial charge in [-0.25, -0.2) is 9.69 Å². The first-order chi connectivity index (χ1) is 17.7. The Kier molecular flexibility index (Phi) is 7.54. The molecule has 0 bridgehead atoms. The summed E-state index contributed by atoms with van der Waals surface area (Å²) < 4.78 is 11.1. The molecule has 3 aromatic rings. The number of barbiturate groups is 1. The zero-order valence-electron chi connectivity index (χ0n) is 19.4. The first kappa shape index (κ1) is 25.5. The molecule has 0 aliphatic carbocycles. The highest BCUT2D eigenvalue weighted by molar-refractivity contribution is 9.10. The molecule has 1 fully saturated rings. The number of halogens is 1. The molecule has 3 N–H and O–H groups in total. The highest BCUT2D eigenvalue weighted by Gasteiger charge is 2.36. The highest BCUT2D eigenvalue weighted by atomic mass is 79.9. The number of nitrogens with one attached hydrogen (secondary N) is 2. The van der Waals surface area contributed by atoms with E-state index < -0.39 is 17.8 Å². The predicted molar refractivity (Wildman–Crippen MR) is 138 cm³/mol. The number of ether oxygens (including phenoxy) is 2. The van der Waals surface area contributed by atoms with Crippen molar-refractivity contribution >= 4 is 57.1 Å². The molecule has 37 heavy (non-hydrogen) atoms. The number of hydrogen-bond donors (Lipinski definition) is 3. The van der Waals surface area contributed by atoms with Gasteiger partial charge in [-0.2, -0.15) is 0 Å². The van der Waals surface area contributed by atoms with Crippen molar-refractivity contribution in [3.05, 3.63) is 82.3 Å². The van der Waals surface area contributed by atoms with Crippen LogP contribution in [0.1, 0.15) is 5.56 Å². The average Bonchev–Trinajstić information content (AvgIpc) is 2.87. The Hall–Kier alpha value is -4.64. The van der Waals surface area contributed by atoms with E-state index in [1.807, 2.05) is 0 Å². The molecule has 1 aliphatic heterocycles. The third-order valence-corrected chi connectivity index (χ3v) is 5.83. The van der Waals surface area contributed by atoms with Gasteiger partial charge in [0.05, 0.1) is 17.3 Å². The molecule has 0 aromatic heterocycles. The maximum absolute atomic E-state index is 13.0. The van der Waals surface area contributed by atoms with Gasteiger partial charge in [-0.3, -0.25) is 19.7 Å². The molecule has 1 aliphatic rings. The minimum Gasteiger partial charge on any atom is -0.508 e. The van der Waals surface area contributed by atoms with E-state index in [0.29, 0.717) is 27.2 Å². The number of benzene rings is 3. The first-order valence-corrected chi connectivity index (χ1v) is 11.6. The maximum Gasteiger partial charge on any atom is 0.335 e. The van der Waals surface area contributed by atoms with E-state index in [1.165, 1.54) is 30.3 Å². The summed E-state index contributed by atoms with van der Waals surface area (Å²) in [5, 5.41) is 14.3. The smallest absolute Gasteiger partial charge is 0.335 e. The van der Waals surface area contributed by atoms with Gasteiger partial charge in [0.25, 0.3) is 17.7 Å². The number of imide groups is 2. The topological polar surface area (TPSA) is 134 Å². The zero-order valence-corrected chi connectivity index (χ0v) is 20.9. The van der Waals surface area contributed by atoms with E-state index in [1.54, 1.807) is 49.6 Å². The van der Waals surface area contributed by atoms with Crippen LogP contribution in [-0.4, -0.2) is 42.6 Å². The zero-order chi connectivity index (χ0) is 26.5. The van der Waals surface area contributed by atoms with Crippen LogP contribution in [0.4, 0.5) is 16.2 Å². The van der Waals surface area contributed by atoms with Gasteiger partial charge in [0.2, 0.25) is 0 Å². The SMILES string of the molecule is COc1ccc(NC(=O)COc2ccc(/C=C3/C(=O)NC(=O)N(c4ccc(O)cc4)C3=O)cc2Br)cc1. The quantitative estimate of drug-likeness (QED) is 0.292. The van der Waals surface area contributed by atoms with Crippen molar-refractivity contribution in [2.75, 3.05) is 23.9 Å². The third kappa shape index (κ3) is 5.96. The Morgan fingerprint density at radius 3 is 2.41 bits per heavy atom. The fourth-order valence-electron chi connectivity index (χ4n) is 3.40. The molecular weight excluding hydrogens is 546 g/mol. The number of anilines is 2. The lowest BCUT2D eigenvalue weighted by Gasteiger charge is -2.26. The molecule has 188 valence electrons. The standard InChI is InChI=1S/C26H20BrN3O7/c1-36-19-9-3-16(4-10-19)28-23(32)14-37-22-11-2-15(13-21(22)27)12-20-24(33)29-26(35)30(25(20)34)17-5-7-18(31)8-6-17/h2-13,31H,14H2,1H3,(H,28,32)(H,29,33,35)/b20-12-. The number of urea groups is 1. The molecular formula is C26H20BrN3O7. The van der Waals surface area contributed by atoms with Gasteiger partial charge in [-0.05, 0) is 88.2 Å². The van der Waals surface area contributed by atoms with Crippen molar-refractivity contribution < 1.29 is 33.8 Å². The average molecular weight is 566 g/mol. The normalized spacial score (nSPS) is 14.4. The van der Waals surface area contributed by atoms with Gasteiger partial charge >= 0.3 is 6.03 Å². The largest absolute Gasteiger partial charge is 0.508 e. The molecule has 5 amide bonds. The minimum atomic E-state index is -0.893. The lowest BCUT2D eigenvalue weighted by molar-refractivity contribution is -0.122. The molecule has 10 nitrogen and oxygen atoms in total. The van der Waals surface area contributed by atoms with E-state index in [-0.39, 0.29) is 29.5 Å². The number of carbonyl (C=O) groups excluding carboxylic acids is 4. The number of phenols is 1.